The fraction of sp³-hybridized carbons (Fsp3) is 0. The van der Waals surface area contributed by atoms with Gasteiger partial charge in [0.2, 0.25) is 0 Å². The molecular formula is C12H10N4O3. The molecular weight excluding hydrogens is 248 g/mol. The van der Waals surface area contributed by atoms with Crippen molar-refractivity contribution in [2.24, 2.45) is 0 Å². The predicted octanol–water partition coefficient (Wildman–Crippen LogP) is 1.82. The molecule has 0 aliphatic heterocycles. The maximum atomic E-state index is 11.7. The molecule has 2 rings (SSSR count). The van der Waals surface area contributed by atoms with Crippen molar-refractivity contribution >= 4 is 23.5 Å². The van der Waals surface area contributed by atoms with Gasteiger partial charge in [-0.05, 0) is 24.3 Å². The lowest BCUT2D eigenvalue weighted by Crippen LogP contribution is -2.21. The quantitative estimate of drug-likeness (QED) is 0.778. The first-order chi connectivity index (χ1) is 9.16. The number of carboxylic acid groups (broad SMARTS) is 1. The van der Waals surface area contributed by atoms with Gasteiger partial charge in [-0.25, -0.2) is 14.6 Å². The molecule has 0 fully saturated rings. The van der Waals surface area contributed by atoms with Crippen LogP contribution in [0.15, 0.2) is 42.9 Å². The first-order valence-electron chi connectivity index (χ1n) is 5.33. The normalized spacial score (nSPS) is 9.68. The van der Waals surface area contributed by atoms with Gasteiger partial charge in [0, 0.05) is 12.4 Å². The standard InChI is InChI=1S/C12H10N4O3/c17-11(18)9-4-2-6-14-10(9)16-12(19)15-8-3-1-5-13-7-8/h1-7H,(H,17,18)(H2,14,15,16,19). The molecule has 19 heavy (non-hydrogen) atoms. The van der Waals surface area contributed by atoms with E-state index in [-0.39, 0.29) is 11.4 Å². The summed E-state index contributed by atoms with van der Waals surface area (Å²) in [6, 6.07) is 5.57. The minimum absolute atomic E-state index is 0.0172. The number of carbonyl (C=O) groups excluding carboxylic acids is 1. The molecule has 0 radical (unpaired) electrons. The van der Waals surface area contributed by atoms with E-state index >= 15 is 0 Å². The van der Waals surface area contributed by atoms with Gasteiger partial charge in [0.25, 0.3) is 0 Å². The van der Waals surface area contributed by atoms with Gasteiger partial charge in [0.05, 0.1) is 11.9 Å². The van der Waals surface area contributed by atoms with Crippen LogP contribution in [0.2, 0.25) is 0 Å². The van der Waals surface area contributed by atoms with Crippen LogP contribution in [0.5, 0.6) is 0 Å². The smallest absolute Gasteiger partial charge is 0.339 e. The summed E-state index contributed by atoms with van der Waals surface area (Å²) in [5.41, 5.74) is 0.414. The van der Waals surface area contributed by atoms with E-state index < -0.39 is 12.0 Å². The van der Waals surface area contributed by atoms with Crippen LogP contribution in [0.25, 0.3) is 0 Å². The summed E-state index contributed by atoms with van der Waals surface area (Å²) < 4.78 is 0. The fourth-order valence-corrected chi connectivity index (χ4v) is 1.38. The summed E-state index contributed by atoms with van der Waals surface area (Å²) in [5.74, 6) is -1.18. The number of rotatable bonds is 3. The fourth-order valence-electron chi connectivity index (χ4n) is 1.38. The number of urea groups is 1. The Kier molecular flexibility index (Phi) is 3.67. The third-order valence-corrected chi connectivity index (χ3v) is 2.19. The topological polar surface area (TPSA) is 104 Å². The summed E-state index contributed by atoms with van der Waals surface area (Å²) in [4.78, 5) is 30.3. The summed E-state index contributed by atoms with van der Waals surface area (Å²) in [7, 11) is 0. The molecule has 0 bridgehead atoms. The molecule has 0 aliphatic carbocycles. The summed E-state index contributed by atoms with van der Waals surface area (Å²) >= 11 is 0. The van der Waals surface area contributed by atoms with Gasteiger partial charge in [0.15, 0.2) is 0 Å². The second kappa shape index (κ2) is 5.58. The SMILES string of the molecule is O=C(Nc1cccnc1)Nc1ncccc1C(=O)O. The summed E-state index contributed by atoms with van der Waals surface area (Å²) in [5, 5.41) is 13.8. The van der Waals surface area contributed by atoms with Crippen LogP contribution in [0.4, 0.5) is 16.3 Å². The van der Waals surface area contributed by atoms with Crippen molar-refractivity contribution in [3.8, 4) is 0 Å². The van der Waals surface area contributed by atoms with Gasteiger partial charge in [-0.1, -0.05) is 0 Å². The highest BCUT2D eigenvalue weighted by molar-refractivity contribution is 6.03. The summed E-state index contributed by atoms with van der Waals surface area (Å²) in [6.45, 7) is 0. The van der Waals surface area contributed by atoms with E-state index in [1.54, 1.807) is 18.3 Å². The number of amides is 2. The third kappa shape index (κ3) is 3.25. The maximum absolute atomic E-state index is 11.7. The number of aromatic carboxylic acids is 1. The van der Waals surface area contributed by atoms with E-state index in [1.807, 2.05) is 0 Å². The van der Waals surface area contributed by atoms with Crippen LogP contribution in [0.1, 0.15) is 10.4 Å². The molecule has 0 aromatic carbocycles. The molecule has 2 aromatic rings. The molecule has 2 heterocycles. The Hall–Kier alpha value is -2.96. The van der Waals surface area contributed by atoms with Gasteiger partial charge in [-0.3, -0.25) is 10.3 Å². The van der Waals surface area contributed by atoms with Crippen LogP contribution in [-0.2, 0) is 0 Å². The Morgan fingerprint density at radius 1 is 1.11 bits per heavy atom. The number of carbonyl (C=O) groups is 2. The van der Waals surface area contributed by atoms with Crippen LogP contribution in [0.3, 0.4) is 0 Å². The number of pyridine rings is 2. The predicted molar refractivity (Wildman–Crippen MR) is 68.1 cm³/mol. The van der Waals surface area contributed by atoms with Gasteiger partial charge < -0.3 is 10.4 Å². The molecule has 0 saturated heterocycles. The van der Waals surface area contributed by atoms with Gasteiger partial charge in [-0.15, -0.1) is 0 Å². The van der Waals surface area contributed by atoms with E-state index in [4.69, 9.17) is 5.11 Å². The van der Waals surface area contributed by atoms with Crippen molar-refractivity contribution in [3.05, 3.63) is 48.4 Å². The highest BCUT2D eigenvalue weighted by atomic mass is 16.4. The number of aromatic nitrogens is 2. The monoisotopic (exact) mass is 258 g/mol. The average Bonchev–Trinajstić information content (AvgIpc) is 2.40. The zero-order chi connectivity index (χ0) is 13.7. The van der Waals surface area contributed by atoms with Crippen LogP contribution in [-0.4, -0.2) is 27.1 Å². The lowest BCUT2D eigenvalue weighted by Gasteiger charge is -2.08. The zero-order valence-corrected chi connectivity index (χ0v) is 9.70. The second-order valence-electron chi connectivity index (χ2n) is 3.53. The molecule has 7 nitrogen and oxygen atoms in total. The minimum Gasteiger partial charge on any atom is -0.478 e. The molecule has 0 aliphatic rings. The highest BCUT2D eigenvalue weighted by Crippen LogP contribution is 2.12. The highest BCUT2D eigenvalue weighted by Gasteiger charge is 2.12. The number of anilines is 2. The Morgan fingerprint density at radius 2 is 1.89 bits per heavy atom. The molecule has 96 valence electrons. The molecule has 0 spiro atoms. The Morgan fingerprint density at radius 3 is 2.58 bits per heavy atom. The lowest BCUT2D eigenvalue weighted by atomic mass is 10.2. The molecule has 0 atom stereocenters. The van der Waals surface area contributed by atoms with Crippen molar-refractivity contribution < 1.29 is 14.7 Å². The summed E-state index contributed by atoms with van der Waals surface area (Å²) in [6.07, 6.45) is 4.44. The van der Waals surface area contributed by atoms with Crippen LogP contribution < -0.4 is 10.6 Å². The lowest BCUT2D eigenvalue weighted by molar-refractivity contribution is 0.0697. The van der Waals surface area contributed by atoms with Gasteiger partial charge >= 0.3 is 12.0 Å². The minimum atomic E-state index is -1.16. The number of nitrogens with one attached hydrogen (secondary N) is 2. The van der Waals surface area contributed by atoms with Crippen molar-refractivity contribution in [3.63, 3.8) is 0 Å². The maximum Gasteiger partial charge on any atom is 0.339 e. The number of hydrogen-bond acceptors (Lipinski definition) is 4. The van der Waals surface area contributed by atoms with E-state index in [9.17, 15) is 9.59 Å². The van der Waals surface area contributed by atoms with Crippen molar-refractivity contribution in [2.45, 2.75) is 0 Å². The molecule has 2 amide bonds. The van der Waals surface area contributed by atoms with Crippen molar-refractivity contribution in [1.29, 1.82) is 0 Å². The average molecular weight is 258 g/mol. The number of hydrogen-bond donors (Lipinski definition) is 3. The Bertz CT molecular complexity index is 601. The molecule has 3 N–H and O–H groups in total. The first-order valence-corrected chi connectivity index (χ1v) is 5.33. The first kappa shape index (κ1) is 12.5. The molecule has 0 saturated carbocycles. The third-order valence-electron chi connectivity index (χ3n) is 2.19. The van der Waals surface area contributed by atoms with E-state index in [2.05, 4.69) is 20.6 Å². The Labute approximate surface area is 108 Å². The second-order valence-corrected chi connectivity index (χ2v) is 3.53. The van der Waals surface area contributed by atoms with E-state index in [0.29, 0.717) is 5.69 Å². The van der Waals surface area contributed by atoms with Gasteiger partial charge in [0.1, 0.15) is 11.4 Å². The molecule has 2 aromatic heterocycles. The van der Waals surface area contributed by atoms with E-state index in [1.165, 1.54) is 24.5 Å². The van der Waals surface area contributed by atoms with Gasteiger partial charge in [-0.2, -0.15) is 0 Å². The number of nitrogens with zero attached hydrogens (tertiary/aromatic N) is 2. The Balaban J connectivity index is 2.09. The number of carboxylic acids is 1. The van der Waals surface area contributed by atoms with Crippen LogP contribution >= 0.6 is 0 Å². The van der Waals surface area contributed by atoms with Crippen LogP contribution in [0, 0.1) is 0 Å². The molecule has 7 heteroatoms. The van der Waals surface area contributed by atoms with Crippen molar-refractivity contribution in [2.75, 3.05) is 10.6 Å². The largest absolute Gasteiger partial charge is 0.478 e. The zero-order valence-electron chi connectivity index (χ0n) is 9.70. The molecule has 0 unspecified atom stereocenters. The van der Waals surface area contributed by atoms with E-state index in [0.717, 1.165) is 0 Å². The van der Waals surface area contributed by atoms with Crippen molar-refractivity contribution in [1.82, 2.24) is 9.97 Å².